The summed E-state index contributed by atoms with van der Waals surface area (Å²) in [5.41, 5.74) is 6.26. The molecule has 3 heterocycles. The number of fused-ring (bicyclic) bond motifs is 2. The summed E-state index contributed by atoms with van der Waals surface area (Å²) >= 11 is 7.35. The Labute approximate surface area is 235 Å². The molecule has 1 atom stereocenters. The molecule has 1 unspecified atom stereocenters. The minimum Gasteiger partial charge on any atom is -0.465 e. The molecule has 1 aliphatic rings. The van der Waals surface area contributed by atoms with Crippen molar-refractivity contribution in [2.24, 2.45) is 0 Å². The number of para-hydroxylation sites is 2. The number of methoxy groups -OCH3 is 1. The van der Waals surface area contributed by atoms with Crippen molar-refractivity contribution in [3.63, 3.8) is 0 Å². The Bertz CT molecular complexity index is 1780. The van der Waals surface area contributed by atoms with E-state index in [0.29, 0.717) is 21.8 Å². The summed E-state index contributed by atoms with van der Waals surface area (Å²) in [6.45, 7) is 2.16. The van der Waals surface area contributed by atoms with Crippen LogP contribution in [-0.4, -0.2) is 42.1 Å². The minimum absolute atomic E-state index is 0.366. The van der Waals surface area contributed by atoms with Crippen molar-refractivity contribution < 1.29 is 9.53 Å². The van der Waals surface area contributed by atoms with Crippen molar-refractivity contribution in [2.75, 3.05) is 31.0 Å². The summed E-state index contributed by atoms with van der Waals surface area (Å²) in [4.78, 5) is 29.0. The van der Waals surface area contributed by atoms with Gasteiger partial charge in [0.1, 0.15) is 4.87 Å². The first kappa shape index (κ1) is 25.2. The van der Waals surface area contributed by atoms with E-state index in [1.807, 2.05) is 50.6 Å². The SMILES string of the molecule is COC(=O)c1ccccc1N1c2nc(=S)[nH]c(-c3ccc(N(C)C)cc3)c2SC1(C)c1c[nH]c2ccccc12. The zero-order valence-electron chi connectivity index (χ0n) is 22.0. The van der Waals surface area contributed by atoms with E-state index < -0.39 is 10.8 Å². The van der Waals surface area contributed by atoms with Crippen molar-refractivity contribution in [1.29, 1.82) is 0 Å². The second kappa shape index (κ2) is 9.59. The van der Waals surface area contributed by atoms with E-state index in [4.69, 9.17) is 21.9 Å². The minimum atomic E-state index is -0.672. The van der Waals surface area contributed by atoms with Gasteiger partial charge in [-0.05, 0) is 55.0 Å². The van der Waals surface area contributed by atoms with Gasteiger partial charge in [0, 0.05) is 42.4 Å². The molecule has 0 radical (unpaired) electrons. The van der Waals surface area contributed by atoms with Gasteiger partial charge in [0.15, 0.2) is 10.6 Å². The normalized spacial score (nSPS) is 16.4. The third-order valence-electron chi connectivity index (χ3n) is 7.12. The van der Waals surface area contributed by atoms with Gasteiger partial charge < -0.3 is 24.5 Å². The first-order chi connectivity index (χ1) is 18.8. The van der Waals surface area contributed by atoms with Crippen LogP contribution in [0.1, 0.15) is 22.8 Å². The van der Waals surface area contributed by atoms with Crippen LogP contribution in [0.25, 0.3) is 22.2 Å². The number of nitrogens with one attached hydrogen (secondary N) is 2. The van der Waals surface area contributed by atoms with Gasteiger partial charge in [-0.3, -0.25) is 0 Å². The molecule has 196 valence electrons. The highest BCUT2D eigenvalue weighted by Gasteiger charge is 2.48. The fourth-order valence-corrected chi connectivity index (χ4v) is 6.84. The number of benzene rings is 3. The van der Waals surface area contributed by atoms with E-state index in [2.05, 4.69) is 63.1 Å². The predicted molar refractivity (Wildman–Crippen MR) is 161 cm³/mol. The van der Waals surface area contributed by atoms with Gasteiger partial charge in [0.05, 0.1) is 29.0 Å². The molecule has 0 bridgehead atoms. The van der Waals surface area contributed by atoms with Crippen LogP contribution in [0.15, 0.2) is 83.9 Å². The van der Waals surface area contributed by atoms with Gasteiger partial charge in [-0.15, -0.1) is 0 Å². The highest BCUT2D eigenvalue weighted by Crippen LogP contribution is 2.61. The maximum Gasteiger partial charge on any atom is 0.339 e. The van der Waals surface area contributed by atoms with E-state index in [1.54, 1.807) is 17.8 Å². The molecule has 0 fully saturated rings. The van der Waals surface area contributed by atoms with E-state index in [9.17, 15) is 4.79 Å². The number of hydrogen-bond donors (Lipinski definition) is 2. The van der Waals surface area contributed by atoms with Gasteiger partial charge in [0.25, 0.3) is 0 Å². The molecule has 7 nitrogen and oxygen atoms in total. The van der Waals surface area contributed by atoms with Gasteiger partial charge in [0.2, 0.25) is 0 Å². The van der Waals surface area contributed by atoms with E-state index in [0.717, 1.165) is 38.3 Å². The highest BCUT2D eigenvalue weighted by atomic mass is 32.2. The maximum absolute atomic E-state index is 12.9. The molecular formula is C30H27N5O2S2. The number of carbonyl (C=O) groups excluding carboxylic acids is 1. The van der Waals surface area contributed by atoms with Crippen molar-refractivity contribution in [1.82, 2.24) is 15.0 Å². The zero-order valence-corrected chi connectivity index (χ0v) is 23.6. The molecule has 2 aromatic heterocycles. The molecule has 39 heavy (non-hydrogen) atoms. The third kappa shape index (κ3) is 4.09. The number of aromatic amines is 2. The number of hydrogen-bond acceptors (Lipinski definition) is 7. The molecule has 0 amide bonds. The fraction of sp³-hybridized carbons (Fsp3) is 0.167. The lowest BCUT2D eigenvalue weighted by molar-refractivity contribution is 0.0601. The largest absolute Gasteiger partial charge is 0.465 e. The second-order valence-electron chi connectivity index (χ2n) is 9.69. The van der Waals surface area contributed by atoms with Crippen LogP contribution in [0.2, 0.25) is 0 Å². The van der Waals surface area contributed by atoms with Crippen molar-refractivity contribution >= 4 is 58.0 Å². The van der Waals surface area contributed by atoms with Crippen LogP contribution in [0, 0.1) is 4.77 Å². The number of nitrogens with zero attached hydrogens (tertiary/aromatic N) is 3. The van der Waals surface area contributed by atoms with E-state index in [1.165, 1.54) is 7.11 Å². The molecule has 1 aliphatic heterocycles. The highest BCUT2D eigenvalue weighted by molar-refractivity contribution is 8.01. The molecule has 2 N–H and O–H groups in total. The van der Waals surface area contributed by atoms with Gasteiger partial charge in [-0.1, -0.05) is 54.2 Å². The Hall–Kier alpha value is -4.08. The number of carbonyl (C=O) groups is 1. The average molecular weight is 554 g/mol. The Balaban J connectivity index is 1.63. The number of esters is 1. The molecule has 5 aromatic rings. The molecule has 0 spiro atoms. The van der Waals surface area contributed by atoms with Gasteiger partial charge in [-0.25, -0.2) is 9.78 Å². The van der Waals surface area contributed by atoms with E-state index in [-0.39, 0.29) is 0 Å². The average Bonchev–Trinajstić information content (AvgIpc) is 3.51. The number of thioether (sulfide) groups is 1. The Morgan fingerprint density at radius 1 is 1.05 bits per heavy atom. The quantitative estimate of drug-likeness (QED) is 0.175. The lowest BCUT2D eigenvalue weighted by atomic mass is 10.0. The van der Waals surface area contributed by atoms with Gasteiger partial charge in [-0.2, -0.15) is 0 Å². The summed E-state index contributed by atoms with van der Waals surface area (Å²) < 4.78 is 5.54. The summed E-state index contributed by atoms with van der Waals surface area (Å²) in [6, 6.07) is 24.0. The van der Waals surface area contributed by atoms with Crippen LogP contribution in [0.4, 0.5) is 17.2 Å². The number of ether oxygens (including phenoxy) is 1. The van der Waals surface area contributed by atoms with Crippen molar-refractivity contribution in [3.8, 4) is 11.3 Å². The van der Waals surface area contributed by atoms with Crippen molar-refractivity contribution in [2.45, 2.75) is 16.7 Å². The maximum atomic E-state index is 12.9. The molecule has 3 aromatic carbocycles. The standard InChI is InChI=1S/C30H27N5O2S2/c1-30(22-17-31-23-11-7-5-9-20(22)23)35(24-12-8-6-10-21(24)28(36)37-4)27-26(39-30)25(32-29(38)33-27)18-13-15-19(16-14-18)34(2)3/h5-17,31H,1-4H3,(H,32,33,38). The summed E-state index contributed by atoms with van der Waals surface area (Å²) in [7, 11) is 5.44. The lowest BCUT2D eigenvalue weighted by Gasteiger charge is -2.36. The monoisotopic (exact) mass is 553 g/mol. The third-order valence-corrected chi connectivity index (χ3v) is 8.70. The van der Waals surface area contributed by atoms with Crippen LogP contribution in [0.3, 0.4) is 0 Å². The summed E-state index contributed by atoms with van der Waals surface area (Å²) in [5.74, 6) is 0.283. The molecule has 0 aliphatic carbocycles. The van der Waals surface area contributed by atoms with Crippen LogP contribution in [-0.2, 0) is 9.61 Å². The number of aromatic nitrogens is 3. The first-order valence-electron chi connectivity index (χ1n) is 12.5. The molecular weight excluding hydrogens is 526 g/mol. The van der Waals surface area contributed by atoms with Crippen LogP contribution >= 0.6 is 24.0 Å². The molecule has 0 saturated heterocycles. The smallest absolute Gasteiger partial charge is 0.339 e. The van der Waals surface area contributed by atoms with Gasteiger partial charge >= 0.3 is 5.97 Å². The van der Waals surface area contributed by atoms with Crippen LogP contribution in [0.5, 0.6) is 0 Å². The number of H-pyrrole nitrogens is 2. The zero-order chi connectivity index (χ0) is 27.3. The molecule has 9 heteroatoms. The number of rotatable bonds is 5. The van der Waals surface area contributed by atoms with Crippen LogP contribution < -0.4 is 9.80 Å². The Morgan fingerprint density at radius 2 is 1.77 bits per heavy atom. The lowest BCUT2D eigenvalue weighted by Crippen LogP contribution is -2.35. The molecule has 0 saturated carbocycles. The molecule has 6 rings (SSSR count). The first-order valence-corrected chi connectivity index (χ1v) is 13.7. The summed E-state index contributed by atoms with van der Waals surface area (Å²) in [6.07, 6.45) is 2.04. The Kier molecular flexibility index (Phi) is 6.20. The fourth-order valence-electron chi connectivity index (χ4n) is 5.20. The van der Waals surface area contributed by atoms with E-state index >= 15 is 0 Å². The topological polar surface area (TPSA) is 77.2 Å². The predicted octanol–water partition coefficient (Wildman–Crippen LogP) is 7.26. The number of anilines is 3. The second-order valence-corrected chi connectivity index (χ2v) is 11.5. The Morgan fingerprint density at radius 3 is 2.51 bits per heavy atom. The van der Waals surface area contributed by atoms with Crippen molar-refractivity contribution in [3.05, 3.63) is 94.9 Å². The summed E-state index contributed by atoms with van der Waals surface area (Å²) in [5, 5.41) is 1.10.